The van der Waals surface area contributed by atoms with Crippen molar-refractivity contribution in [3.05, 3.63) is 58.1 Å². The zero-order valence-electron chi connectivity index (χ0n) is 12.4. The van der Waals surface area contributed by atoms with Crippen molar-refractivity contribution in [3.63, 3.8) is 0 Å². The normalized spacial score (nSPS) is 12.7. The average Bonchev–Trinajstić information content (AvgIpc) is 3.04. The summed E-state index contributed by atoms with van der Waals surface area (Å²) >= 11 is 1.29. The number of thioether (sulfide) groups is 1. The van der Waals surface area contributed by atoms with Crippen LogP contribution in [0.2, 0.25) is 0 Å². The fourth-order valence-corrected chi connectivity index (χ4v) is 3.29. The lowest BCUT2D eigenvalue weighted by molar-refractivity contribution is 0.174. The lowest BCUT2D eigenvalue weighted by Crippen LogP contribution is -2.29. The molecule has 24 heavy (non-hydrogen) atoms. The van der Waals surface area contributed by atoms with Crippen LogP contribution in [-0.4, -0.2) is 16.5 Å². The first-order valence-corrected chi connectivity index (χ1v) is 8.09. The number of hydrogen-bond donors (Lipinski definition) is 1. The highest BCUT2D eigenvalue weighted by atomic mass is 32.2. The van der Waals surface area contributed by atoms with E-state index < -0.39 is 11.4 Å². The van der Waals surface area contributed by atoms with Gasteiger partial charge in [-0.05, 0) is 29.8 Å². The Bertz CT molecular complexity index is 1010. The second-order valence-electron chi connectivity index (χ2n) is 5.21. The number of aromatic nitrogens is 2. The summed E-state index contributed by atoms with van der Waals surface area (Å²) in [5.41, 5.74) is 0.848. The van der Waals surface area contributed by atoms with Gasteiger partial charge in [-0.1, -0.05) is 17.8 Å². The van der Waals surface area contributed by atoms with Crippen LogP contribution >= 0.6 is 11.8 Å². The van der Waals surface area contributed by atoms with Gasteiger partial charge in [0, 0.05) is 11.8 Å². The number of fused-ring (bicyclic) bond motifs is 2. The fourth-order valence-electron chi connectivity index (χ4n) is 2.43. The van der Waals surface area contributed by atoms with Crippen molar-refractivity contribution in [3.8, 4) is 11.5 Å². The minimum absolute atomic E-state index is 0.214. The third-order valence-corrected chi connectivity index (χ3v) is 4.66. The molecule has 8 heteroatoms. The summed E-state index contributed by atoms with van der Waals surface area (Å²) in [5, 5.41) is 0.599. The summed E-state index contributed by atoms with van der Waals surface area (Å²) in [7, 11) is 0. The molecule has 4 rings (SSSR count). The van der Waals surface area contributed by atoms with E-state index in [1.54, 1.807) is 0 Å². The largest absolute Gasteiger partial charge is 0.454 e. The Morgan fingerprint density at radius 3 is 2.92 bits per heavy atom. The Kier molecular flexibility index (Phi) is 3.53. The molecule has 0 bridgehead atoms. The highest BCUT2D eigenvalue weighted by molar-refractivity contribution is 7.98. The maximum atomic E-state index is 13.4. The molecule has 1 aliphatic rings. The van der Waals surface area contributed by atoms with E-state index in [0.29, 0.717) is 22.4 Å². The van der Waals surface area contributed by atoms with Gasteiger partial charge in [0.1, 0.15) is 5.82 Å². The summed E-state index contributed by atoms with van der Waals surface area (Å²) in [5.74, 6) is 7.30. The summed E-state index contributed by atoms with van der Waals surface area (Å²) in [6.45, 7) is 0.214. The van der Waals surface area contributed by atoms with Crippen molar-refractivity contribution in [1.29, 1.82) is 0 Å². The fraction of sp³-hybridized carbons (Fsp3) is 0.125. The van der Waals surface area contributed by atoms with Crippen LogP contribution in [0.4, 0.5) is 4.39 Å². The standard InChI is InChI=1S/C16H12FN3O3S/c17-10-2-3-11-12(6-10)19-16(20(18)15(11)21)24-7-9-1-4-13-14(5-9)23-8-22-13/h1-6H,7-8,18H2. The van der Waals surface area contributed by atoms with E-state index in [1.165, 1.54) is 30.0 Å². The molecular formula is C16H12FN3O3S. The zero-order valence-corrected chi connectivity index (χ0v) is 13.2. The van der Waals surface area contributed by atoms with E-state index in [0.717, 1.165) is 10.2 Å². The molecule has 0 fully saturated rings. The molecule has 0 unspecified atom stereocenters. The van der Waals surface area contributed by atoms with E-state index in [-0.39, 0.29) is 17.7 Å². The molecule has 0 amide bonds. The van der Waals surface area contributed by atoms with Gasteiger partial charge in [0.2, 0.25) is 6.79 Å². The van der Waals surface area contributed by atoms with Gasteiger partial charge in [0.05, 0.1) is 10.9 Å². The predicted molar refractivity (Wildman–Crippen MR) is 88.2 cm³/mol. The molecule has 0 aliphatic carbocycles. The van der Waals surface area contributed by atoms with Crippen LogP contribution in [0, 0.1) is 5.82 Å². The minimum atomic E-state index is -0.448. The van der Waals surface area contributed by atoms with Crippen molar-refractivity contribution < 1.29 is 13.9 Å². The molecule has 3 aromatic rings. The second-order valence-corrected chi connectivity index (χ2v) is 6.15. The van der Waals surface area contributed by atoms with E-state index >= 15 is 0 Å². The lowest BCUT2D eigenvalue weighted by Gasteiger charge is -2.08. The zero-order chi connectivity index (χ0) is 16.7. The number of ether oxygens (including phenoxy) is 2. The van der Waals surface area contributed by atoms with E-state index in [9.17, 15) is 9.18 Å². The number of rotatable bonds is 3. The molecule has 0 saturated carbocycles. The predicted octanol–water partition coefficient (Wildman–Crippen LogP) is 2.27. The van der Waals surface area contributed by atoms with Crippen molar-refractivity contribution in [2.45, 2.75) is 10.9 Å². The average molecular weight is 345 g/mol. The Morgan fingerprint density at radius 2 is 2.04 bits per heavy atom. The highest BCUT2D eigenvalue weighted by Crippen LogP contribution is 2.34. The maximum Gasteiger partial charge on any atom is 0.280 e. The molecule has 1 aromatic heterocycles. The first-order valence-electron chi connectivity index (χ1n) is 7.10. The minimum Gasteiger partial charge on any atom is -0.454 e. The quantitative estimate of drug-likeness (QED) is 0.446. The van der Waals surface area contributed by atoms with Crippen LogP contribution in [0.15, 0.2) is 46.3 Å². The first-order chi connectivity index (χ1) is 11.6. The van der Waals surface area contributed by atoms with Gasteiger partial charge in [0.15, 0.2) is 16.7 Å². The SMILES string of the molecule is Nn1c(SCc2ccc3c(c2)OCO3)nc2cc(F)ccc2c1=O. The Balaban J connectivity index is 1.64. The second kappa shape index (κ2) is 5.72. The van der Waals surface area contributed by atoms with E-state index in [2.05, 4.69) is 4.98 Å². The molecule has 0 spiro atoms. The Labute approximate surface area is 140 Å². The molecule has 2 heterocycles. The number of nitrogens with zero attached hydrogens (tertiary/aromatic N) is 2. The maximum absolute atomic E-state index is 13.4. The van der Waals surface area contributed by atoms with Crippen molar-refractivity contribution in [1.82, 2.24) is 9.66 Å². The van der Waals surface area contributed by atoms with Crippen LogP contribution in [0.1, 0.15) is 5.56 Å². The van der Waals surface area contributed by atoms with Gasteiger partial charge in [0.25, 0.3) is 5.56 Å². The molecule has 1 aliphatic heterocycles. The van der Waals surface area contributed by atoms with Crippen molar-refractivity contribution >= 4 is 22.7 Å². The van der Waals surface area contributed by atoms with Crippen LogP contribution in [0.3, 0.4) is 0 Å². The van der Waals surface area contributed by atoms with E-state index in [4.69, 9.17) is 15.3 Å². The molecule has 2 N–H and O–H groups in total. The van der Waals surface area contributed by atoms with Gasteiger partial charge in [-0.2, -0.15) is 0 Å². The lowest BCUT2D eigenvalue weighted by atomic mass is 10.2. The molecule has 0 radical (unpaired) electrons. The van der Waals surface area contributed by atoms with Crippen molar-refractivity contribution in [2.24, 2.45) is 0 Å². The third kappa shape index (κ3) is 2.54. The number of hydrogen-bond acceptors (Lipinski definition) is 6. The van der Waals surface area contributed by atoms with Crippen LogP contribution in [-0.2, 0) is 5.75 Å². The van der Waals surface area contributed by atoms with Gasteiger partial charge in [-0.3, -0.25) is 4.79 Å². The first kappa shape index (κ1) is 14.8. The summed E-state index contributed by atoms with van der Waals surface area (Å²) in [6, 6.07) is 9.42. The Morgan fingerprint density at radius 1 is 1.21 bits per heavy atom. The molecule has 0 atom stereocenters. The topological polar surface area (TPSA) is 79.4 Å². The monoisotopic (exact) mass is 345 g/mol. The summed E-state index contributed by atoms with van der Waals surface area (Å²) < 4.78 is 25.0. The van der Waals surface area contributed by atoms with Gasteiger partial charge < -0.3 is 15.3 Å². The van der Waals surface area contributed by atoms with Crippen LogP contribution < -0.4 is 20.9 Å². The van der Waals surface area contributed by atoms with Crippen molar-refractivity contribution in [2.75, 3.05) is 12.6 Å². The summed E-state index contributed by atoms with van der Waals surface area (Å²) in [4.78, 5) is 16.5. The smallest absolute Gasteiger partial charge is 0.280 e. The summed E-state index contributed by atoms with van der Waals surface area (Å²) in [6.07, 6.45) is 0. The van der Waals surface area contributed by atoms with Gasteiger partial charge >= 0.3 is 0 Å². The molecule has 0 saturated heterocycles. The molecule has 6 nitrogen and oxygen atoms in total. The van der Waals surface area contributed by atoms with Crippen LogP contribution in [0.5, 0.6) is 11.5 Å². The third-order valence-electron chi connectivity index (χ3n) is 3.64. The number of benzene rings is 2. The Hall–Kier alpha value is -2.74. The number of halogens is 1. The van der Waals surface area contributed by atoms with Gasteiger partial charge in [-0.15, -0.1) is 0 Å². The van der Waals surface area contributed by atoms with Gasteiger partial charge in [-0.25, -0.2) is 14.1 Å². The molecular weight excluding hydrogens is 333 g/mol. The molecule has 122 valence electrons. The highest BCUT2D eigenvalue weighted by Gasteiger charge is 2.14. The van der Waals surface area contributed by atoms with Crippen LogP contribution in [0.25, 0.3) is 10.9 Å². The molecule has 2 aromatic carbocycles. The number of nitrogen functional groups attached to an aromatic ring is 1. The number of nitrogens with two attached hydrogens (primary N) is 1. The van der Waals surface area contributed by atoms with E-state index in [1.807, 2.05) is 18.2 Å².